The Morgan fingerprint density at radius 2 is 1.96 bits per heavy atom. The highest BCUT2D eigenvalue weighted by molar-refractivity contribution is 5.64. The molecule has 27 heavy (non-hydrogen) atoms. The number of benzene rings is 1. The van der Waals surface area contributed by atoms with Crippen molar-refractivity contribution < 1.29 is 18.0 Å². The van der Waals surface area contributed by atoms with Crippen LogP contribution in [0.3, 0.4) is 0 Å². The number of nitrogens with zero attached hydrogens (tertiary/aromatic N) is 3. The highest BCUT2D eigenvalue weighted by atomic mass is 19.4. The average Bonchev–Trinajstić information content (AvgIpc) is 3.04. The van der Waals surface area contributed by atoms with Gasteiger partial charge >= 0.3 is 6.18 Å². The maximum Gasteiger partial charge on any atom is 0.416 e. The molecule has 2 rings (SSSR count). The normalized spacial score (nSPS) is 17.7. The van der Waals surface area contributed by atoms with Crippen molar-refractivity contribution in [3.63, 3.8) is 0 Å². The number of anilines is 2. The molecule has 0 bridgehead atoms. The lowest BCUT2D eigenvalue weighted by Crippen LogP contribution is -2.29. The van der Waals surface area contributed by atoms with E-state index in [1.54, 1.807) is 19.3 Å². The smallest absolute Gasteiger partial charge is 0.380 e. The van der Waals surface area contributed by atoms with Crippen LogP contribution in [0.25, 0.3) is 0 Å². The summed E-state index contributed by atoms with van der Waals surface area (Å²) in [7, 11) is 5.65. The molecular weight excluding hydrogens is 357 g/mol. The summed E-state index contributed by atoms with van der Waals surface area (Å²) in [5.74, 6) is 0. The maximum atomic E-state index is 13.3. The zero-order valence-electron chi connectivity index (χ0n) is 16.0. The van der Waals surface area contributed by atoms with E-state index in [1.165, 1.54) is 12.1 Å². The lowest BCUT2D eigenvalue weighted by molar-refractivity contribution is -0.137. The molecule has 1 heterocycles. The van der Waals surface area contributed by atoms with E-state index in [1.807, 2.05) is 28.8 Å². The van der Waals surface area contributed by atoms with Gasteiger partial charge < -0.3 is 20.0 Å². The van der Waals surface area contributed by atoms with Gasteiger partial charge in [-0.1, -0.05) is 0 Å². The number of carbonyl (C=O) groups excluding carboxylic acids is 1. The number of aldehydes is 1. The van der Waals surface area contributed by atoms with Gasteiger partial charge in [0.2, 0.25) is 0 Å². The van der Waals surface area contributed by atoms with Crippen molar-refractivity contribution in [1.29, 1.82) is 0 Å². The Balaban J connectivity index is 2.16. The Morgan fingerprint density at radius 3 is 2.59 bits per heavy atom. The van der Waals surface area contributed by atoms with Crippen molar-refractivity contribution in [2.45, 2.75) is 18.6 Å². The van der Waals surface area contributed by atoms with Crippen molar-refractivity contribution in [3.8, 4) is 0 Å². The molecule has 0 unspecified atom stereocenters. The van der Waals surface area contributed by atoms with Crippen LogP contribution in [0.2, 0.25) is 0 Å². The number of alkyl halides is 3. The molecule has 1 saturated heterocycles. The van der Waals surface area contributed by atoms with Crippen LogP contribution in [0, 0.1) is 0 Å². The number of hydrogen-bond donors (Lipinski definition) is 1. The van der Waals surface area contributed by atoms with Crippen molar-refractivity contribution in [1.82, 2.24) is 9.80 Å². The zero-order valence-corrected chi connectivity index (χ0v) is 16.0. The molecule has 1 aliphatic rings. The first-order valence-corrected chi connectivity index (χ1v) is 8.89. The molecule has 5 nitrogen and oxygen atoms in total. The molecule has 1 N–H and O–H groups in total. The van der Waals surface area contributed by atoms with Gasteiger partial charge in [0, 0.05) is 56.8 Å². The van der Waals surface area contributed by atoms with Gasteiger partial charge in [0.05, 0.1) is 5.56 Å². The van der Waals surface area contributed by atoms with E-state index in [4.69, 9.17) is 0 Å². The molecule has 0 spiro atoms. The van der Waals surface area contributed by atoms with Crippen LogP contribution in [0.1, 0.15) is 12.0 Å². The number of halogens is 3. The largest absolute Gasteiger partial charge is 0.416 e. The first-order valence-electron chi connectivity index (χ1n) is 8.89. The average molecular weight is 384 g/mol. The number of hydrogen-bond acceptors (Lipinski definition) is 5. The van der Waals surface area contributed by atoms with Crippen LogP contribution in [0.4, 0.5) is 24.5 Å². The van der Waals surface area contributed by atoms with E-state index in [-0.39, 0.29) is 6.04 Å². The van der Waals surface area contributed by atoms with E-state index in [0.717, 1.165) is 25.6 Å². The quantitative estimate of drug-likeness (QED) is 0.551. The van der Waals surface area contributed by atoms with Gasteiger partial charge in [-0.05, 0) is 44.8 Å². The van der Waals surface area contributed by atoms with Crippen LogP contribution in [-0.4, -0.2) is 69.4 Å². The van der Waals surface area contributed by atoms with Crippen molar-refractivity contribution >= 4 is 17.7 Å². The SMILES string of the molecule is CN(C)CCN(C)c1cc(N[C@@H]2CCN(C=CC=O)C2)cc(C(F)(F)F)c1. The predicted octanol–water partition coefficient (Wildman–Crippen LogP) is 2.90. The summed E-state index contributed by atoms with van der Waals surface area (Å²) in [6.45, 7) is 2.78. The minimum absolute atomic E-state index is 0.0321. The highest BCUT2D eigenvalue weighted by Crippen LogP contribution is 2.34. The van der Waals surface area contributed by atoms with Crippen LogP contribution >= 0.6 is 0 Å². The summed E-state index contributed by atoms with van der Waals surface area (Å²) < 4.78 is 40.0. The number of likely N-dealkylation sites (tertiary alicyclic amines) is 1. The number of nitrogens with one attached hydrogen (secondary N) is 1. The Kier molecular flexibility index (Phi) is 7.12. The number of likely N-dealkylation sites (N-methyl/N-ethyl adjacent to an activating group) is 2. The molecule has 1 fully saturated rings. The summed E-state index contributed by atoms with van der Waals surface area (Å²) in [6.07, 6.45) is 0.240. The van der Waals surface area contributed by atoms with E-state index >= 15 is 0 Å². The third-order valence-corrected chi connectivity index (χ3v) is 4.53. The fourth-order valence-electron chi connectivity index (χ4n) is 2.99. The summed E-state index contributed by atoms with van der Waals surface area (Å²) in [5, 5.41) is 3.22. The van der Waals surface area contributed by atoms with Gasteiger partial charge in [-0.15, -0.1) is 0 Å². The Labute approximate surface area is 158 Å². The molecule has 0 amide bonds. The van der Waals surface area contributed by atoms with Gasteiger partial charge in [-0.2, -0.15) is 13.2 Å². The summed E-state index contributed by atoms with van der Waals surface area (Å²) >= 11 is 0. The van der Waals surface area contributed by atoms with Crippen LogP contribution in [0.15, 0.2) is 30.5 Å². The second kappa shape index (κ2) is 9.12. The Bertz CT molecular complexity index is 661. The summed E-state index contributed by atoms with van der Waals surface area (Å²) in [4.78, 5) is 16.2. The molecule has 0 saturated carbocycles. The molecular formula is C19H27F3N4O. The van der Waals surface area contributed by atoms with E-state index in [9.17, 15) is 18.0 Å². The second-order valence-electron chi connectivity index (χ2n) is 7.09. The van der Waals surface area contributed by atoms with Gasteiger partial charge in [-0.25, -0.2) is 0 Å². The van der Waals surface area contributed by atoms with Crippen molar-refractivity contribution in [2.24, 2.45) is 0 Å². The molecule has 1 atom stereocenters. The molecule has 0 aliphatic carbocycles. The van der Waals surface area contributed by atoms with E-state index < -0.39 is 11.7 Å². The predicted molar refractivity (Wildman–Crippen MR) is 102 cm³/mol. The molecule has 0 aromatic heterocycles. The fraction of sp³-hybridized carbons (Fsp3) is 0.526. The number of allylic oxidation sites excluding steroid dienone is 1. The molecule has 150 valence electrons. The molecule has 1 aromatic rings. The lowest BCUT2D eigenvalue weighted by Gasteiger charge is -2.24. The first kappa shape index (κ1) is 21.1. The maximum absolute atomic E-state index is 13.3. The third kappa shape index (κ3) is 6.46. The van der Waals surface area contributed by atoms with Gasteiger partial charge in [0.25, 0.3) is 0 Å². The topological polar surface area (TPSA) is 38.8 Å². The molecule has 1 aromatic carbocycles. The molecule has 1 aliphatic heterocycles. The highest BCUT2D eigenvalue weighted by Gasteiger charge is 2.32. The van der Waals surface area contributed by atoms with Crippen LogP contribution in [-0.2, 0) is 11.0 Å². The summed E-state index contributed by atoms with van der Waals surface area (Å²) in [5.41, 5.74) is 0.336. The third-order valence-electron chi connectivity index (χ3n) is 4.53. The molecule has 0 radical (unpaired) electrons. The standard InChI is InChI=1S/C19H27F3N4O/c1-24(2)8-9-25(3)18-12-15(19(20,21)22)11-17(13-18)23-16-5-7-26(14-16)6-4-10-27/h4,6,10-13,16,23H,5,7-9,14H2,1-3H3/t16-/m1/s1. The van der Waals surface area contributed by atoms with Crippen LogP contribution < -0.4 is 10.2 Å². The second-order valence-corrected chi connectivity index (χ2v) is 7.09. The first-order chi connectivity index (χ1) is 12.7. The number of carbonyl (C=O) groups is 1. The van der Waals surface area contributed by atoms with Crippen LogP contribution in [0.5, 0.6) is 0 Å². The Morgan fingerprint density at radius 1 is 1.22 bits per heavy atom. The van der Waals surface area contributed by atoms with Gasteiger partial charge in [0.1, 0.15) is 6.29 Å². The number of rotatable bonds is 8. The fourth-order valence-corrected chi connectivity index (χ4v) is 2.99. The van der Waals surface area contributed by atoms with Gasteiger partial charge in [-0.3, -0.25) is 4.79 Å². The minimum Gasteiger partial charge on any atom is -0.380 e. The Hall–Kier alpha value is -2.22. The van der Waals surface area contributed by atoms with E-state index in [0.29, 0.717) is 30.8 Å². The molecule has 8 heteroatoms. The zero-order chi connectivity index (χ0) is 20.0. The van der Waals surface area contributed by atoms with Crippen molar-refractivity contribution in [2.75, 3.05) is 57.5 Å². The van der Waals surface area contributed by atoms with Crippen molar-refractivity contribution in [3.05, 3.63) is 36.0 Å². The minimum atomic E-state index is -4.40. The van der Waals surface area contributed by atoms with E-state index in [2.05, 4.69) is 5.32 Å². The van der Waals surface area contributed by atoms with Gasteiger partial charge in [0.15, 0.2) is 0 Å². The summed E-state index contributed by atoms with van der Waals surface area (Å²) in [6, 6.07) is 4.14. The lowest BCUT2D eigenvalue weighted by atomic mass is 10.1. The monoisotopic (exact) mass is 384 g/mol.